The van der Waals surface area contributed by atoms with E-state index in [4.69, 9.17) is 19.4 Å². The number of furan rings is 1. The molecule has 11 aromatic rings. The minimum Gasteiger partial charge on any atom is -0.456 e. The Hall–Kier alpha value is -7.37. The first-order chi connectivity index (χ1) is 26.8. The average Bonchev–Trinajstić information content (AvgIpc) is 3.79. The van der Waals surface area contributed by atoms with E-state index in [-0.39, 0.29) is 0 Å². The predicted octanol–water partition coefficient (Wildman–Crippen LogP) is 12.7. The maximum absolute atomic E-state index is 6.65. The molecule has 0 unspecified atom stereocenters. The molecule has 5 heteroatoms. The van der Waals surface area contributed by atoms with Gasteiger partial charge in [0.1, 0.15) is 11.2 Å². The van der Waals surface area contributed by atoms with Crippen molar-refractivity contribution in [3.05, 3.63) is 182 Å². The summed E-state index contributed by atoms with van der Waals surface area (Å²) in [6.45, 7) is 0. The number of benzene rings is 8. The van der Waals surface area contributed by atoms with Crippen LogP contribution in [0.2, 0.25) is 0 Å². The molecule has 0 radical (unpaired) electrons. The Balaban J connectivity index is 1.10. The highest BCUT2D eigenvalue weighted by Gasteiger charge is 2.20. The second-order valence-electron chi connectivity index (χ2n) is 13.6. The van der Waals surface area contributed by atoms with Crippen LogP contribution in [0.5, 0.6) is 0 Å². The standard InChI is InChI=1S/C49H30N4O/c1-4-14-31(15-5-1)47-50-48(32-16-6-2-7-17-32)52-49(51-47)40-30-45-46(38-22-11-10-20-36(38)40)41-29-34(25-27-44(41)54-45)33-24-26-43-39(28-33)37-21-12-13-23-42(37)53(43)35-18-8-3-9-19-35/h1-30H. The van der Waals surface area contributed by atoms with E-state index < -0.39 is 0 Å². The first-order valence-corrected chi connectivity index (χ1v) is 18.1. The number of rotatable bonds is 5. The monoisotopic (exact) mass is 690 g/mol. The molecular weight excluding hydrogens is 661 g/mol. The van der Waals surface area contributed by atoms with Crippen LogP contribution in [0, 0.1) is 0 Å². The molecule has 0 atom stereocenters. The lowest BCUT2D eigenvalue weighted by atomic mass is 9.96. The number of nitrogens with zero attached hydrogens (tertiary/aromatic N) is 4. The van der Waals surface area contributed by atoms with Gasteiger partial charge in [0.25, 0.3) is 0 Å². The Morgan fingerprint density at radius 2 is 0.889 bits per heavy atom. The lowest BCUT2D eigenvalue weighted by Crippen LogP contribution is -2.00. The van der Waals surface area contributed by atoms with Gasteiger partial charge in [0.2, 0.25) is 0 Å². The van der Waals surface area contributed by atoms with E-state index in [1.165, 1.54) is 21.8 Å². The van der Waals surface area contributed by atoms with E-state index in [1.54, 1.807) is 0 Å². The zero-order chi connectivity index (χ0) is 35.6. The van der Waals surface area contributed by atoms with Gasteiger partial charge >= 0.3 is 0 Å². The quantitative estimate of drug-likeness (QED) is 0.180. The average molecular weight is 691 g/mol. The number of fused-ring (bicyclic) bond motifs is 8. The van der Waals surface area contributed by atoms with Gasteiger partial charge in [-0.15, -0.1) is 0 Å². The van der Waals surface area contributed by atoms with Gasteiger partial charge in [0.05, 0.1) is 11.0 Å². The Labute approximate surface area is 310 Å². The van der Waals surface area contributed by atoms with Gasteiger partial charge in [-0.05, 0) is 70.4 Å². The van der Waals surface area contributed by atoms with Crippen LogP contribution in [0.1, 0.15) is 0 Å². The van der Waals surface area contributed by atoms with Crippen molar-refractivity contribution in [2.75, 3.05) is 0 Å². The Morgan fingerprint density at radius 3 is 1.59 bits per heavy atom. The summed E-state index contributed by atoms with van der Waals surface area (Å²) in [7, 11) is 0. The Kier molecular flexibility index (Phi) is 6.79. The van der Waals surface area contributed by atoms with Gasteiger partial charge in [-0.3, -0.25) is 0 Å². The fourth-order valence-corrected chi connectivity index (χ4v) is 7.94. The highest BCUT2D eigenvalue weighted by atomic mass is 16.3. The van der Waals surface area contributed by atoms with E-state index in [2.05, 4.69) is 126 Å². The normalized spacial score (nSPS) is 11.7. The third kappa shape index (κ3) is 4.83. The third-order valence-corrected chi connectivity index (χ3v) is 10.4. The fraction of sp³-hybridized carbons (Fsp3) is 0. The van der Waals surface area contributed by atoms with Crippen LogP contribution in [-0.2, 0) is 0 Å². The summed E-state index contributed by atoms with van der Waals surface area (Å²) in [5, 5.41) is 6.75. The summed E-state index contributed by atoms with van der Waals surface area (Å²) in [5.74, 6) is 1.85. The van der Waals surface area contributed by atoms with Crippen molar-refractivity contribution in [3.63, 3.8) is 0 Å². The summed E-state index contributed by atoms with van der Waals surface area (Å²) in [5.41, 5.74) is 10.2. The molecule has 0 spiro atoms. The van der Waals surface area contributed by atoms with Crippen molar-refractivity contribution >= 4 is 54.5 Å². The Morgan fingerprint density at radius 1 is 0.352 bits per heavy atom. The number of hydrogen-bond acceptors (Lipinski definition) is 4. The minimum absolute atomic E-state index is 0.602. The molecule has 0 aliphatic carbocycles. The molecule has 0 N–H and O–H groups in total. The Bertz CT molecular complexity index is 3140. The van der Waals surface area contributed by atoms with Gasteiger partial charge in [-0.25, -0.2) is 15.0 Å². The van der Waals surface area contributed by atoms with E-state index in [0.29, 0.717) is 17.5 Å². The van der Waals surface area contributed by atoms with Crippen LogP contribution in [0.3, 0.4) is 0 Å². The summed E-state index contributed by atoms with van der Waals surface area (Å²) in [4.78, 5) is 15.1. The largest absolute Gasteiger partial charge is 0.456 e. The van der Waals surface area contributed by atoms with Gasteiger partial charge in [0, 0.05) is 43.9 Å². The second-order valence-corrected chi connectivity index (χ2v) is 13.6. The highest BCUT2D eigenvalue weighted by Crippen LogP contribution is 2.42. The first kappa shape index (κ1) is 30.3. The summed E-state index contributed by atoms with van der Waals surface area (Å²) >= 11 is 0. The van der Waals surface area contributed by atoms with Gasteiger partial charge < -0.3 is 8.98 Å². The molecule has 0 bridgehead atoms. The SMILES string of the molecule is c1ccc(-c2nc(-c3ccccc3)nc(-c3cc4oc5ccc(-c6ccc7c(c6)c6ccccc6n7-c6ccccc6)cc5c4c4ccccc34)n2)cc1. The van der Waals surface area contributed by atoms with Crippen molar-refractivity contribution in [2.24, 2.45) is 0 Å². The molecule has 0 aliphatic rings. The van der Waals surface area contributed by atoms with E-state index >= 15 is 0 Å². The molecule has 54 heavy (non-hydrogen) atoms. The van der Waals surface area contributed by atoms with Crippen molar-refractivity contribution in [1.82, 2.24) is 19.5 Å². The summed E-state index contributed by atoms with van der Waals surface area (Å²) in [6.07, 6.45) is 0. The second kappa shape index (κ2) is 12.1. The molecule has 252 valence electrons. The maximum atomic E-state index is 6.65. The molecule has 0 saturated heterocycles. The molecular formula is C49H30N4O. The molecule has 8 aromatic carbocycles. The fourth-order valence-electron chi connectivity index (χ4n) is 7.94. The van der Waals surface area contributed by atoms with Crippen molar-refractivity contribution < 1.29 is 4.42 Å². The van der Waals surface area contributed by atoms with E-state index in [0.717, 1.165) is 66.2 Å². The number of hydrogen-bond donors (Lipinski definition) is 0. The molecule has 0 saturated carbocycles. The smallest absolute Gasteiger partial charge is 0.164 e. The number of aromatic nitrogens is 4. The highest BCUT2D eigenvalue weighted by molar-refractivity contribution is 6.22. The zero-order valence-electron chi connectivity index (χ0n) is 29.0. The lowest BCUT2D eigenvalue weighted by molar-refractivity contribution is 0.669. The van der Waals surface area contributed by atoms with Gasteiger partial charge in [-0.1, -0.05) is 133 Å². The van der Waals surface area contributed by atoms with Gasteiger partial charge in [-0.2, -0.15) is 0 Å². The molecule has 0 fully saturated rings. The minimum atomic E-state index is 0.602. The van der Waals surface area contributed by atoms with Crippen LogP contribution in [0.15, 0.2) is 186 Å². The maximum Gasteiger partial charge on any atom is 0.164 e. The zero-order valence-corrected chi connectivity index (χ0v) is 29.0. The molecule has 5 nitrogen and oxygen atoms in total. The van der Waals surface area contributed by atoms with Crippen molar-refractivity contribution in [2.45, 2.75) is 0 Å². The molecule has 3 heterocycles. The third-order valence-electron chi connectivity index (χ3n) is 10.4. The van der Waals surface area contributed by atoms with E-state index in [9.17, 15) is 0 Å². The van der Waals surface area contributed by atoms with Crippen LogP contribution < -0.4 is 0 Å². The van der Waals surface area contributed by atoms with E-state index in [1.807, 2.05) is 60.7 Å². The van der Waals surface area contributed by atoms with Crippen LogP contribution in [-0.4, -0.2) is 19.5 Å². The van der Waals surface area contributed by atoms with Crippen molar-refractivity contribution in [1.29, 1.82) is 0 Å². The lowest BCUT2D eigenvalue weighted by Gasteiger charge is -2.11. The molecule has 3 aromatic heterocycles. The van der Waals surface area contributed by atoms with Crippen molar-refractivity contribution in [3.8, 4) is 51.0 Å². The number of para-hydroxylation sites is 2. The summed E-state index contributed by atoms with van der Waals surface area (Å²) < 4.78 is 9.00. The molecule has 0 aliphatic heterocycles. The summed E-state index contributed by atoms with van der Waals surface area (Å²) in [6, 6.07) is 63.3. The first-order valence-electron chi connectivity index (χ1n) is 18.1. The van der Waals surface area contributed by atoms with Gasteiger partial charge in [0.15, 0.2) is 17.5 Å². The van der Waals surface area contributed by atoms with Crippen LogP contribution >= 0.6 is 0 Å². The molecule has 0 amide bonds. The van der Waals surface area contributed by atoms with Crippen LogP contribution in [0.4, 0.5) is 0 Å². The predicted molar refractivity (Wildman–Crippen MR) is 221 cm³/mol. The topological polar surface area (TPSA) is 56.7 Å². The molecule has 11 rings (SSSR count). The van der Waals surface area contributed by atoms with Crippen LogP contribution in [0.25, 0.3) is 105 Å².